The van der Waals surface area contributed by atoms with E-state index in [0.29, 0.717) is 17.8 Å². The van der Waals surface area contributed by atoms with Crippen molar-refractivity contribution in [2.45, 2.75) is 6.54 Å². The van der Waals surface area contributed by atoms with E-state index in [1.807, 2.05) is 18.2 Å². The molecule has 0 fully saturated rings. The Morgan fingerprint density at radius 1 is 1.35 bits per heavy atom. The van der Waals surface area contributed by atoms with Gasteiger partial charge in [-0.3, -0.25) is 4.98 Å². The molecule has 0 radical (unpaired) electrons. The quantitative estimate of drug-likeness (QED) is 0.877. The van der Waals surface area contributed by atoms with Crippen molar-refractivity contribution in [3.05, 3.63) is 59.7 Å². The molecular formula is C13H10FN3. The molecule has 0 amide bonds. The Balaban J connectivity index is 2.08. The normalized spacial score (nSPS) is 9.65. The summed E-state index contributed by atoms with van der Waals surface area (Å²) in [5.41, 5.74) is 1.67. The van der Waals surface area contributed by atoms with Gasteiger partial charge in [0.1, 0.15) is 5.82 Å². The van der Waals surface area contributed by atoms with Gasteiger partial charge in [0.05, 0.1) is 17.3 Å². The molecule has 4 heteroatoms. The summed E-state index contributed by atoms with van der Waals surface area (Å²) in [5.74, 6) is -0.423. The van der Waals surface area contributed by atoms with Gasteiger partial charge in [0.25, 0.3) is 0 Å². The van der Waals surface area contributed by atoms with Gasteiger partial charge in [-0.05, 0) is 29.8 Å². The Labute approximate surface area is 98.5 Å². The highest BCUT2D eigenvalue weighted by Gasteiger charge is 2.02. The first kappa shape index (κ1) is 11.1. The predicted molar refractivity (Wildman–Crippen MR) is 62.7 cm³/mol. The van der Waals surface area contributed by atoms with Gasteiger partial charge in [-0.2, -0.15) is 5.26 Å². The molecule has 0 spiro atoms. The molecule has 84 valence electrons. The van der Waals surface area contributed by atoms with E-state index in [-0.39, 0.29) is 0 Å². The van der Waals surface area contributed by atoms with Crippen LogP contribution in [-0.2, 0) is 6.54 Å². The minimum Gasteiger partial charge on any atom is -0.379 e. The number of rotatable bonds is 3. The van der Waals surface area contributed by atoms with Crippen LogP contribution in [0.3, 0.4) is 0 Å². The molecule has 2 rings (SSSR count). The predicted octanol–water partition coefficient (Wildman–Crippen LogP) is 2.70. The van der Waals surface area contributed by atoms with E-state index in [0.717, 1.165) is 5.56 Å². The lowest BCUT2D eigenvalue weighted by molar-refractivity contribution is 0.629. The summed E-state index contributed by atoms with van der Waals surface area (Å²) in [5, 5.41) is 11.6. The fourth-order valence-electron chi connectivity index (χ4n) is 1.43. The molecule has 1 N–H and O–H groups in total. The minimum atomic E-state index is -0.423. The number of nitrogens with zero attached hydrogens (tertiary/aromatic N) is 2. The van der Waals surface area contributed by atoms with Crippen molar-refractivity contribution >= 4 is 5.69 Å². The third-order valence-corrected chi connectivity index (χ3v) is 2.30. The average Bonchev–Trinajstić information content (AvgIpc) is 2.38. The molecule has 0 saturated heterocycles. The van der Waals surface area contributed by atoms with Crippen LogP contribution < -0.4 is 5.32 Å². The first-order valence-corrected chi connectivity index (χ1v) is 5.12. The average molecular weight is 227 g/mol. The van der Waals surface area contributed by atoms with Gasteiger partial charge in [0.15, 0.2) is 0 Å². The number of nitrogens with one attached hydrogen (secondary N) is 1. The maximum atomic E-state index is 13.5. The lowest BCUT2D eigenvalue weighted by Gasteiger charge is -2.07. The highest BCUT2D eigenvalue weighted by molar-refractivity contribution is 5.49. The van der Waals surface area contributed by atoms with Crippen LogP contribution in [0.4, 0.5) is 10.1 Å². The van der Waals surface area contributed by atoms with E-state index >= 15 is 0 Å². The molecule has 0 bridgehead atoms. The maximum absolute atomic E-state index is 13.5. The first-order chi connectivity index (χ1) is 8.29. The van der Waals surface area contributed by atoms with Crippen molar-refractivity contribution in [2.24, 2.45) is 0 Å². The van der Waals surface area contributed by atoms with Gasteiger partial charge in [-0.15, -0.1) is 0 Å². The molecule has 0 aliphatic carbocycles. The smallest absolute Gasteiger partial charge is 0.147 e. The monoisotopic (exact) mass is 227 g/mol. The Morgan fingerprint density at radius 2 is 2.24 bits per heavy atom. The second-order valence-electron chi connectivity index (χ2n) is 3.52. The summed E-state index contributed by atoms with van der Waals surface area (Å²) in [6.07, 6.45) is 3.40. The van der Waals surface area contributed by atoms with Crippen LogP contribution in [0.25, 0.3) is 0 Å². The van der Waals surface area contributed by atoms with Crippen molar-refractivity contribution in [1.82, 2.24) is 4.98 Å². The van der Waals surface area contributed by atoms with Crippen LogP contribution in [0.1, 0.15) is 11.1 Å². The molecule has 0 aliphatic heterocycles. The van der Waals surface area contributed by atoms with Crippen LogP contribution in [-0.4, -0.2) is 4.98 Å². The molecule has 1 heterocycles. The van der Waals surface area contributed by atoms with Crippen LogP contribution >= 0.6 is 0 Å². The number of pyridine rings is 1. The molecular weight excluding hydrogens is 217 g/mol. The highest BCUT2D eigenvalue weighted by atomic mass is 19.1. The zero-order valence-corrected chi connectivity index (χ0v) is 9.02. The largest absolute Gasteiger partial charge is 0.379 e. The summed E-state index contributed by atoms with van der Waals surface area (Å²) in [6, 6.07) is 9.97. The van der Waals surface area contributed by atoms with E-state index in [9.17, 15) is 4.39 Å². The van der Waals surface area contributed by atoms with Crippen molar-refractivity contribution in [2.75, 3.05) is 5.32 Å². The van der Waals surface area contributed by atoms with E-state index in [1.54, 1.807) is 24.5 Å². The van der Waals surface area contributed by atoms with Gasteiger partial charge >= 0.3 is 0 Å². The Hall–Kier alpha value is -2.41. The van der Waals surface area contributed by atoms with E-state index in [4.69, 9.17) is 5.26 Å². The molecule has 17 heavy (non-hydrogen) atoms. The molecule has 0 aliphatic rings. The Morgan fingerprint density at radius 3 is 2.88 bits per heavy atom. The lowest BCUT2D eigenvalue weighted by atomic mass is 10.2. The Kier molecular flexibility index (Phi) is 3.31. The highest BCUT2D eigenvalue weighted by Crippen LogP contribution is 2.16. The summed E-state index contributed by atoms with van der Waals surface area (Å²) in [7, 11) is 0. The van der Waals surface area contributed by atoms with Gasteiger partial charge in [0, 0.05) is 18.9 Å². The summed E-state index contributed by atoms with van der Waals surface area (Å²) >= 11 is 0. The second kappa shape index (κ2) is 5.08. The maximum Gasteiger partial charge on any atom is 0.147 e. The number of nitriles is 1. The fraction of sp³-hybridized carbons (Fsp3) is 0.0769. The number of hydrogen-bond donors (Lipinski definition) is 1. The minimum absolute atomic E-state index is 0.314. The third-order valence-electron chi connectivity index (χ3n) is 2.30. The SMILES string of the molecule is N#Cc1ccc(NCc2cccnc2)c(F)c1. The number of hydrogen-bond acceptors (Lipinski definition) is 3. The molecule has 1 aromatic carbocycles. The van der Waals surface area contributed by atoms with Gasteiger partial charge in [-0.25, -0.2) is 4.39 Å². The molecule has 3 nitrogen and oxygen atoms in total. The second-order valence-corrected chi connectivity index (χ2v) is 3.52. The third kappa shape index (κ3) is 2.79. The first-order valence-electron chi connectivity index (χ1n) is 5.12. The van der Waals surface area contributed by atoms with Crippen LogP contribution in [0.5, 0.6) is 0 Å². The van der Waals surface area contributed by atoms with Gasteiger partial charge in [0.2, 0.25) is 0 Å². The fourth-order valence-corrected chi connectivity index (χ4v) is 1.43. The van der Waals surface area contributed by atoms with E-state index in [1.165, 1.54) is 6.07 Å². The molecule has 0 saturated carbocycles. The summed E-state index contributed by atoms with van der Waals surface area (Å²) in [6.45, 7) is 0.497. The van der Waals surface area contributed by atoms with Gasteiger partial charge in [-0.1, -0.05) is 6.07 Å². The van der Waals surface area contributed by atoms with E-state index in [2.05, 4.69) is 10.3 Å². The standard InChI is InChI=1S/C13H10FN3/c14-12-6-10(7-15)3-4-13(12)17-9-11-2-1-5-16-8-11/h1-6,8,17H,9H2. The number of anilines is 1. The summed E-state index contributed by atoms with van der Waals surface area (Å²) in [4.78, 5) is 3.97. The number of halogens is 1. The van der Waals surface area contributed by atoms with Crippen molar-refractivity contribution < 1.29 is 4.39 Å². The molecule has 0 unspecified atom stereocenters. The van der Waals surface area contributed by atoms with Crippen LogP contribution in [0, 0.1) is 17.1 Å². The van der Waals surface area contributed by atoms with E-state index < -0.39 is 5.82 Å². The van der Waals surface area contributed by atoms with Crippen molar-refractivity contribution in [3.63, 3.8) is 0 Å². The van der Waals surface area contributed by atoms with Gasteiger partial charge < -0.3 is 5.32 Å². The van der Waals surface area contributed by atoms with Crippen LogP contribution in [0.15, 0.2) is 42.7 Å². The lowest BCUT2D eigenvalue weighted by Crippen LogP contribution is -2.01. The van der Waals surface area contributed by atoms with Crippen molar-refractivity contribution in [1.29, 1.82) is 5.26 Å². The zero-order valence-electron chi connectivity index (χ0n) is 9.02. The van der Waals surface area contributed by atoms with Crippen LogP contribution in [0.2, 0.25) is 0 Å². The molecule has 2 aromatic rings. The molecule has 0 atom stereocenters. The molecule has 1 aromatic heterocycles. The number of benzene rings is 1. The number of aromatic nitrogens is 1. The van der Waals surface area contributed by atoms with Crippen molar-refractivity contribution in [3.8, 4) is 6.07 Å². The Bertz CT molecular complexity index is 546. The summed E-state index contributed by atoms with van der Waals surface area (Å²) < 4.78 is 13.5. The topological polar surface area (TPSA) is 48.7 Å². The zero-order chi connectivity index (χ0) is 12.1.